The first kappa shape index (κ1) is 17.7. The smallest absolute Gasteiger partial charge is 0.257 e. The molecule has 1 aromatic carbocycles. The first-order valence-corrected chi connectivity index (χ1v) is 8.68. The summed E-state index contributed by atoms with van der Waals surface area (Å²) in [5, 5.41) is 0. The van der Waals surface area contributed by atoms with Crippen LogP contribution in [0.25, 0.3) is 11.3 Å². The highest BCUT2D eigenvalue weighted by Crippen LogP contribution is 2.27. The molecule has 0 fully saturated rings. The van der Waals surface area contributed by atoms with Crippen molar-refractivity contribution < 1.29 is 4.79 Å². The molecule has 1 atom stereocenters. The molecule has 0 aliphatic carbocycles. The highest BCUT2D eigenvalue weighted by atomic mass is 16.2. The van der Waals surface area contributed by atoms with Gasteiger partial charge in [-0.3, -0.25) is 9.78 Å². The molecule has 0 saturated heterocycles. The summed E-state index contributed by atoms with van der Waals surface area (Å²) in [6.45, 7) is 3.89. The Morgan fingerprint density at radius 2 is 1.88 bits per heavy atom. The van der Waals surface area contributed by atoms with Crippen LogP contribution in [0.1, 0.15) is 41.1 Å². The van der Waals surface area contributed by atoms with Gasteiger partial charge in [-0.2, -0.15) is 0 Å². The number of aromatic nitrogens is 3. The number of nitrogens with zero attached hydrogens (tertiary/aromatic N) is 4. The maximum atomic E-state index is 13.2. The molecule has 0 unspecified atom stereocenters. The van der Waals surface area contributed by atoms with E-state index >= 15 is 0 Å². The predicted molar refractivity (Wildman–Crippen MR) is 102 cm³/mol. The lowest BCUT2D eigenvalue weighted by atomic mass is 10.0. The van der Waals surface area contributed by atoms with Crippen molar-refractivity contribution in [2.24, 2.45) is 0 Å². The summed E-state index contributed by atoms with van der Waals surface area (Å²) in [5.41, 5.74) is 3.09. The third-order valence-corrected chi connectivity index (χ3v) is 4.43. The van der Waals surface area contributed by atoms with Crippen LogP contribution in [-0.4, -0.2) is 32.8 Å². The molecular weight excluding hydrogens is 324 g/mol. The van der Waals surface area contributed by atoms with Gasteiger partial charge >= 0.3 is 0 Å². The minimum Gasteiger partial charge on any atom is -0.335 e. The average Bonchev–Trinajstić information content (AvgIpc) is 2.69. The molecule has 0 aliphatic heterocycles. The van der Waals surface area contributed by atoms with Gasteiger partial charge in [-0.1, -0.05) is 43.3 Å². The van der Waals surface area contributed by atoms with E-state index in [1.165, 1.54) is 0 Å². The number of rotatable bonds is 5. The average molecular weight is 346 g/mol. The Kier molecular flexibility index (Phi) is 5.37. The number of hydrogen-bond acceptors (Lipinski definition) is 4. The Balaban J connectivity index is 1.99. The molecule has 1 amide bonds. The normalized spacial score (nSPS) is 11.8. The van der Waals surface area contributed by atoms with Crippen LogP contribution >= 0.6 is 0 Å². The van der Waals surface area contributed by atoms with E-state index in [9.17, 15) is 4.79 Å². The highest BCUT2D eigenvalue weighted by Gasteiger charge is 2.25. The first-order valence-electron chi connectivity index (χ1n) is 8.68. The SMILES string of the molecule is CC[C@@H](c1cccnc1)N(C)C(=O)c1cnc(C)nc1-c1ccccc1. The molecule has 132 valence electrons. The van der Waals surface area contributed by atoms with Crippen LogP contribution in [0.15, 0.2) is 61.1 Å². The lowest BCUT2D eigenvalue weighted by Gasteiger charge is -2.28. The van der Waals surface area contributed by atoms with E-state index in [0.717, 1.165) is 17.5 Å². The van der Waals surface area contributed by atoms with Crippen LogP contribution in [0.4, 0.5) is 0 Å². The summed E-state index contributed by atoms with van der Waals surface area (Å²) in [6, 6.07) is 13.6. The van der Waals surface area contributed by atoms with Crippen molar-refractivity contribution in [3.63, 3.8) is 0 Å². The Morgan fingerprint density at radius 3 is 2.54 bits per heavy atom. The van der Waals surface area contributed by atoms with Crippen LogP contribution in [0.3, 0.4) is 0 Å². The fraction of sp³-hybridized carbons (Fsp3) is 0.238. The molecule has 0 saturated carbocycles. The molecule has 0 bridgehead atoms. The molecule has 2 heterocycles. The zero-order chi connectivity index (χ0) is 18.5. The van der Waals surface area contributed by atoms with E-state index < -0.39 is 0 Å². The Labute approximate surface area is 153 Å². The topological polar surface area (TPSA) is 59.0 Å². The Bertz CT molecular complexity index is 881. The monoisotopic (exact) mass is 346 g/mol. The van der Waals surface area contributed by atoms with Gasteiger partial charge in [-0.05, 0) is 25.0 Å². The van der Waals surface area contributed by atoms with E-state index in [-0.39, 0.29) is 11.9 Å². The Morgan fingerprint density at radius 1 is 1.12 bits per heavy atom. The zero-order valence-electron chi connectivity index (χ0n) is 15.3. The summed E-state index contributed by atoms with van der Waals surface area (Å²) in [7, 11) is 1.82. The minimum absolute atomic E-state index is 0.0545. The third kappa shape index (κ3) is 3.61. The van der Waals surface area contributed by atoms with Crippen LogP contribution in [-0.2, 0) is 0 Å². The van der Waals surface area contributed by atoms with Crippen LogP contribution in [0.2, 0.25) is 0 Å². The molecule has 3 aromatic rings. The second-order valence-electron chi connectivity index (χ2n) is 6.17. The maximum Gasteiger partial charge on any atom is 0.257 e. The van der Waals surface area contributed by atoms with Gasteiger partial charge in [-0.15, -0.1) is 0 Å². The molecule has 3 rings (SSSR count). The van der Waals surface area contributed by atoms with Crippen molar-refractivity contribution in [3.8, 4) is 11.3 Å². The van der Waals surface area contributed by atoms with Crippen molar-refractivity contribution >= 4 is 5.91 Å². The first-order chi connectivity index (χ1) is 12.6. The van der Waals surface area contributed by atoms with Gasteiger partial charge in [0, 0.05) is 31.2 Å². The quantitative estimate of drug-likeness (QED) is 0.699. The van der Waals surface area contributed by atoms with Crippen molar-refractivity contribution in [1.82, 2.24) is 19.9 Å². The van der Waals surface area contributed by atoms with Gasteiger partial charge in [0.15, 0.2) is 0 Å². The summed E-state index contributed by atoms with van der Waals surface area (Å²) >= 11 is 0. The van der Waals surface area contributed by atoms with Crippen molar-refractivity contribution in [3.05, 3.63) is 78.0 Å². The molecule has 0 aliphatic rings. The Hall–Kier alpha value is -3.08. The molecular formula is C21H22N4O. The van der Waals surface area contributed by atoms with Crippen molar-refractivity contribution in [1.29, 1.82) is 0 Å². The van der Waals surface area contributed by atoms with Crippen molar-refractivity contribution in [2.75, 3.05) is 7.05 Å². The molecule has 0 N–H and O–H groups in total. The third-order valence-electron chi connectivity index (χ3n) is 4.43. The number of aryl methyl sites for hydroxylation is 1. The van der Waals surface area contributed by atoms with E-state index in [0.29, 0.717) is 17.1 Å². The van der Waals surface area contributed by atoms with Gasteiger partial charge < -0.3 is 4.90 Å². The molecule has 26 heavy (non-hydrogen) atoms. The fourth-order valence-corrected chi connectivity index (χ4v) is 3.08. The second kappa shape index (κ2) is 7.87. The van der Waals surface area contributed by atoms with Gasteiger partial charge in [-0.25, -0.2) is 9.97 Å². The predicted octanol–water partition coefficient (Wildman–Crippen LogP) is 4.07. The standard InChI is InChI=1S/C21H22N4O/c1-4-19(17-11-8-12-22-13-17)25(3)21(26)18-14-23-15(2)24-20(18)16-9-6-5-7-10-16/h5-14,19H,4H2,1-3H3/t19-/m0/s1. The van der Waals surface area contributed by atoms with E-state index in [2.05, 4.69) is 21.9 Å². The van der Waals surface area contributed by atoms with Crippen LogP contribution < -0.4 is 0 Å². The van der Waals surface area contributed by atoms with Gasteiger partial charge in [0.1, 0.15) is 5.82 Å². The largest absolute Gasteiger partial charge is 0.335 e. The van der Waals surface area contributed by atoms with Gasteiger partial charge in [0.2, 0.25) is 0 Å². The van der Waals surface area contributed by atoms with Crippen molar-refractivity contribution in [2.45, 2.75) is 26.3 Å². The lowest BCUT2D eigenvalue weighted by molar-refractivity contribution is 0.0726. The van der Waals surface area contributed by atoms with Gasteiger partial charge in [0.05, 0.1) is 17.3 Å². The molecule has 0 spiro atoms. The number of benzene rings is 1. The van der Waals surface area contributed by atoms with Crippen LogP contribution in [0, 0.1) is 6.92 Å². The number of amides is 1. The van der Waals surface area contributed by atoms with E-state index in [1.807, 2.05) is 62.6 Å². The zero-order valence-corrected chi connectivity index (χ0v) is 15.3. The summed E-state index contributed by atoms with van der Waals surface area (Å²) in [6.07, 6.45) is 5.96. The van der Waals surface area contributed by atoms with E-state index in [4.69, 9.17) is 0 Å². The maximum absolute atomic E-state index is 13.2. The number of hydrogen-bond donors (Lipinski definition) is 0. The van der Waals surface area contributed by atoms with Crippen LogP contribution in [0.5, 0.6) is 0 Å². The molecule has 5 nitrogen and oxygen atoms in total. The number of carbonyl (C=O) groups is 1. The summed E-state index contributed by atoms with van der Waals surface area (Å²) < 4.78 is 0. The summed E-state index contributed by atoms with van der Waals surface area (Å²) in [4.78, 5) is 28.0. The van der Waals surface area contributed by atoms with Gasteiger partial charge in [0.25, 0.3) is 5.91 Å². The molecule has 0 radical (unpaired) electrons. The minimum atomic E-state index is -0.0976. The lowest BCUT2D eigenvalue weighted by Crippen LogP contribution is -2.31. The number of pyridine rings is 1. The highest BCUT2D eigenvalue weighted by molar-refractivity contribution is 5.99. The summed E-state index contributed by atoms with van der Waals surface area (Å²) in [5.74, 6) is 0.543. The number of carbonyl (C=O) groups excluding carboxylic acids is 1. The van der Waals surface area contributed by atoms with E-state index in [1.54, 1.807) is 17.3 Å². The second-order valence-corrected chi connectivity index (χ2v) is 6.17. The molecule has 5 heteroatoms. The fourth-order valence-electron chi connectivity index (χ4n) is 3.08. The molecule has 2 aromatic heterocycles.